The summed E-state index contributed by atoms with van der Waals surface area (Å²) in [5.41, 5.74) is 0.835. The summed E-state index contributed by atoms with van der Waals surface area (Å²) >= 11 is 0. The van der Waals surface area contributed by atoms with Gasteiger partial charge in [-0.15, -0.1) is 0 Å². The first-order valence-corrected chi connectivity index (χ1v) is 2.54. The van der Waals surface area contributed by atoms with Crippen LogP contribution in [0.25, 0.3) is 6.08 Å². The highest BCUT2D eigenvalue weighted by Gasteiger charge is 1.81. The Hall–Kier alpha value is -1.38. The molecule has 1 N–H and O–H groups in total. The Morgan fingerprint density at radius 2 is 2.56 bits per heavy atom. The number of rotatable bonds is 2. The molecule has 0 amide bonds. The summed E-state index contributed by atoms with van der Waals surface area (Å²) in [6.07, 6.45) is 5.42. The van der Waals surface area contributed by atoms with Crippen LogP contribution in [0.2, 0.25) is 0 Å². The number of nitrogens with one attached hydrogen (secondary N) is 1. The van der Waals surface area contributed by atoms with E-state index in [1.54, 1.807) is 18.3 Å². The average molecular weight is 122 g/mol. The third-order valence-corrected chi connectivity index (χ3v) is 0.877. The molecule has 9 heavy (non-hydrogen) atoms. The first-order chi connectivity index (χ1) is 4.43. The summed E-state index contributed by atoms with van der Waals surface area (Å²) in [7, 11) is 0. The van der Waals surface area contributed by atoms with Crippen LogP contribution in [0.15, 0.2) is 18.3 Å². The van der Waals surface area contributed by atoms with Gasteiger partial charge in [0, 0.05) is 6.20 Å². The fraction of sp³-hybridized carbons (Fsp3) is 0. The maximum absolute atomic E-state index is 9.78. The lowest BCUT2D eigenvalue weighted by molar-refractivity contribution is -0.104. The Labute approximate surface area is 52.4 Å². The Morgan fingerprint density at radius 3 is 3.11 bits per heavy atom. The average Bonchev–Trinajstić information content (AvgIpc) is 2.34. The Bertz CT molecular complexity index is 201. The maximum atomic E-state index is 9.78. The number of carbonyl (C=O) groups excluding carboxylic acids is 1. The first kappa shape index (κ1) is 5.75. The number of aromatic nitrogens is 2. The van der Waals surface area contributed by atoms with E-state index < -0.39 is 0 Å². The molecule has 3 heteroatoms. The lowest BCUT2D eigenvalue weighted by atomic mass is 10.4. The number of carbonyl (C=O) groups is 1. The van der Waals surface area contributed by atoms with Crippen LogP contribution in [0, 0.1) is 0 Å². The minimum Gasteiger partial charge on any atom is -0.299 e. The molecule has 0 spiro atoms. The largest absolute Gasteiger partial charge is 0.299 e. The molecule has 1 aromatic heterocycles. The molecule has 0 bridgehead atoms. The van der Waals surface area contributed by atoms with Crippen molar-refractivity contribution in [2.45, 2.75) is 0 Å². The van der Waals surface area contributed by atoms with Gasteiger partial charge in [0.1, 0.15) is 6.29 Å². The fourth-order valence-electron chi connectivity index (χ4n) is 0.502. The minimum absolute atomic E-state index is 0.723. The van der Waals surface area contributed by atoms with Crippen LogP contribution in [0.1, 0.15) is 5.69 Å². The van der Waals surface area contributed by atoms with Crippen molar-refractivity contribution in [3.63, 3.8) is 0 Å². The van der Waals surface area contributed by atoms with Gasteiger partial charge in [-0.3, -0.25) is 9.89 Å². The van der Waals surface area contributed by atoms with Crippen molar-refractivity contribution in [2.24, 2.45) is 0 Å². The van der Waals surface area contributed by atoms with Crippen LogP contribution >= 0.6 is 0 Å². The van der Waals surface area contributed by atoms with Crippen molar-refractivity contribution in [3.8, 4) is 0 Å². The first-order valence-electron chi connectivity index (χ1n) is 2.54. The van der Waals surface area contributed by atoms with Gasteiger partial charge >= 0.3 is 0 Å². The molecular weight excluding hydrogens is 116 g/mol. The van der Waals surface area contributed by atoms with E-state index in [1.165, 1.54) is 6.08 Å². The molecule has 0 aliphatic heterocycles. The van der Waals surface area contributed by atoms with Crippen molar-refractivity contribution in [1.29, 1.82) is 0 Å². The number of hydrogen-bond acceptors (Lipinski definition) is 2. The summed E-state index contributed by atoms with van der Waals surface area (Å²) in [4.78, 5) is 9.78. The van der Waals surface area contributed by atoms with E-state index in [0.29, 0.717) is 0 Å². The SMILES string of the molecule is O=C/C=C/c1ccn[nH]1. The summed E-state index contributed by atoms with van der Waals surface area (Å²) in [6, 6.07) is 1.78. The quantitative estimate of drug-likeness (QED) is 0.461. The molecule has 0 atom stereocenters. The second-order valence-corrected chi connectivity index (χ2v) is 1.51. The smallest absolute Gasteiger partial charge is 0.142 e. The molecule has 0 aromatic carbocycles. The number of aldehydes is 1. The summed E-state index contributed by atoms with van der Waals surface area (Å²) in [5.74, 6) is 0. The molecule has 0 aliphatic rings. The van der Waals surface area contributed by atoms with Crippen molar-refractivity contribution >= 4 is 12.4 Å². The lowest BCUT2D eigenvalue weighted by Gasteiger charge is -1.75. The zero-order valence-corrected chi connectivity index (χ0v) is 4.74. The standard InChI is InChI=1S/C6H6N2O/c9-5-1-2-6-3-4-7-8-6/h1-5H,(H,7,8)/b2-1+. The molecule has 0 unspecified atom stereocenters. The van der Waals surface area contributed by atoms with Gasteiger partial charge in [0.2, 0.25) is 0 Å². The van der Waals surface area contributed by atoms with E-state index in [4.69, 9.17) is 0 Å². The van der Waals surface area contributed by atoms with Crippen LogP contribution < -0.4 is 0 Å². The molecule has 0 aliphatic carbocycles. The lowest BCUT2D eigenvalue weighted by Crippen LogP contribution is -1.69. The molecule has 0 radical (unpaired) electrons. The Balaban J connectivity index is 2.67. The van der Waals surface area contributed by atoms with E-state index in [9.17, 15) is 4.79 Å². The number of H-pyrrole nitrogens is 1. The normalized spacial score (nSPS) is 10.2. The summed E-state index contributed by atoms with van der Waals surface area (Å²) in [5, 5.41) is 6.36. The predicted molar refractivity (Wildman–Crippen MR) is 33.7 cm³/mol. The molecule has 0 fully saturated rings. The third-order valence-electron chi connectivity index (χ3n) is 0.877. The van der Waals surface area contributed by atoms with E-state index in [0.717, 1.165) is 12.0 Å². The highest BCUT2D eigenvalue weighted by molar-refractivity contribution is 5.72. The molecule has 0 saturated carbocycles. The molecule has 1 aromatic rings. The highest BCUT2D eigenvalue weighted by Crippen LogP contribution is 1.92. The summed E-state index contributed by atoms with van der Waals surface area (Å²) in [6.45, 7) is 0. The van der Waals surface area contributed by atoms with Crippen LogP contribution in [-0.4, -0.2) is 16.5 Å². The molecule has 1 heterocycles. The zero-order valence-electron chi connectivity index (χ0n) is 4.74. The molecule has 3 nitrogen and oxygen atoms in total. The summed E-state index contributed by atoms with van der Waals surface area (Å²) < 4.78 is 0. The van der Waals surface area contributed by atoms with Gasteiger partial charge in [0.25, 0.3) is 0 Å². The topological polar surface area (TPSA) is 45.8 Å². The van der Waals surface area contributed by atoms with Crippen molar-refractivity contribution in [2.75, 3.05) is 0 Å². The molecule has 46 valence electrons. The molecule has 1 rings (SSSR count). The minimum atomic E-state index is 0.723. The van der Waals surface area contributed by atoms with Gasteiger partial charge in [0.15, 0.2) is 0 Å². The predicted octanol–water partition coefficient (Wildman–Crippen LogP) is 0.622. The van der Waals surface area contributed by atoms with Crippen molar-refractivity contribution < 1.29 is 4.79 Å². The van der Waals surface area contributed by atoms with Gasteiger partial charge in [-0.05, 0) is 18.2 Å². The third kappa shape index (κ3) is 1.53. The Kier molecular flexibility index (Phi) is 1.80. The highest BCUT2D eigenvalue weighted by atomic mass is 16.1. The van der Waals surface area contributed by atoms with Gasteiger partial charge < -0.3 is 0 Å². The zero-order chi connectivity index (χ0) is 6.53. The number of nitrogens with zero attached hydrogens (tertiary/aromatic N) is 1. The van der Waals surface area contributed by atoms with Gasteiger partial charge in [-0.25, -0.2) is 0 Å². The van der Waals surface area contributed by atoms with Crippen LogP contribution in [-0.2, 0) is 4.79 Å². The van der Waals surface area contributed by atoms with Gasteiger partial charge in [-0.2, -0.15) is 5.10 Å². The van der Waals surface area contributed by atoms with Crippen molar-refractivity contribution in [3.05, 3.63) is 24.0 Å². The van der Waals surface area contributed by atoms with Crippen molar-refractivity contribution in [1.82, 2.24) is 10.2 Å². The van der Waals surface area contributed by atoms with E-state index in [2.05, 4.69) is 10.2 Å². The van der Waals surface area contributed by atoms with Crippen LogP contribution in [0.3, 0.4) is 0 Å². The Morgan fingerprint density at radius 1 is 1.67 bits per heavy atom. The molecule has 0 saturated heterocycles. The van der Waals surface area contributed by atoms with E-state index in [1.807, 2.05) is 0 Å². The van der Waals surface area contributed by atoms with Gasteiger partial charge in [-0.1, -0.05) is 0 Å². The fourth-order valence-corrected chi connectivity index (χ4v) is 0.502. The van der Waals surface area contributed by atoms with E-state index >= 15 is 0 Å². The van der Waals surface area contributed by atoms with Gasteiger partial charge in [0.05, 0.1) is 5.69 Å². The second kappa shape index (κ2) is 2.81. The maximum Gasteiger partial charge on any atom is 0.142 e. The number of hydrogen-bond donors (Lipinski definition) is 1. The van der Waals surface area contributed by atoms with E-state index in [-0.39, 0.29) is 0 Å². The monoisotopic (exact) mass is 122 g/mol. The molecular formula is C6H6N2O. The van der Waals surface area contributed by atoms with Crippen LogP contribution in [0.5, 0.6) is 0 Å². The number of allylic oxidation sites excluding steroid dienone is 1. The number of aromatic amines is 1. The van der Waals surface area contributed by atoms with Crippen LogP contribution in [0.4, 0.5) is 0 Å². The second-order valence-electron chi connectivity index (χ2n) is 1.51.